The average molecular weight is 348 g/mol. The molecule has 1 aromatic carbocycles. The molecule has 1 aliphatic rings. The summed E-state index contributed by atoms with van der Waals surface area (Å²) < 4.78 is 0. The number of hydrogen-bond donors (Lipinski definition) is 2. The van der Waals surface area contributed by atoms with Gasteiger partial charge in [-0.3, -0.25) is 9.69 Å². The van der Waals surface area contributed by atoms with Crippen molar-refractivity contribution in [3.8, 4) is 0 Å². The lowest BCUT2D eigenvalue weighted by atomic mass is 10.00. The van der Waals surface area contributed by atoms with E-state index in [1.165, 1.54) is 5.56 Å². The number of nitrogens with zero attached hydrogens (tertiary/aromatic N) is 2. The van der Waals surface area contributed by atoms with E-state index < -0.39 is 0 Å². The van der Waals surface area contributed by atoms with Crippen LogP contribution in [0.25, 0.3) is 11.0 Å². The van der Waals surface area contributed by atoms with Crippen LogP contribution in [0.15, 0.2) is 59.5 Å². The van der Waals surface area contributed by atoms with Gasteiger partial charge in [0.25, 0.3) is 5.56 Å². The highest BCUT2D eigenvalue weighted by Gasteiger charge is 2.23. The van der Waals surface area contributed by atoms with Crippen molar-refractivity contribution >= 4 is 16.7 Å². The third-order valence-corrected chi connectivity index (χ3v) is 5.33. The fourth-order valence-electron chi connectivity index (χ4n) is 3.80. The lowest BCUT2D eigenvalue weighted by Crippen LogP contribution is -2.40. The standard InChI is InChI=1S/C21H24N4O/c1-15(16-6-3-2-4-7-16)25-12-9-17(10-13-25)23-19-14-20(26)24-21-18(19)8-5-11-22-21/h2-8,11,14-15,17H,9-10,12-13H2,1H3,(H2,22,23,24,26). The molecule has 2 aromatic heterocycles. The predicted octanol–water partition coefficient (Wildman–Crippen LogP) is 3.56. The maximum atomic E-state index is 11.9. The lowest BCUT2D eigenvalue weighted by Gasteiger charge is -2.37. The van der Waals surface area contributed by atoms with Crippen LogP contribution in [0.2, 0.25) is 0 Å². The summed E-state index contributed by atoms with van der Waals surface area (Å²) in [5, 5.41) is 4.54. The number of benzene rings is 1. The first-order valence-electron chi connectivity index (χ1n) is 9.24. The summed E-state index contributed by atoms with van der Waals surface area (Å²) in [6.07, 6.45) is 3.82. The van der Waals surface area contributed by atoms with Gasteiger partial charge in [0, 0.05) is 42.8 Å². The number of rotatable bonds is 4. The lowest BCUT2D eigenvalue weighted by molar-refractivity contribution is 0.167. The van der Waals surface area contributed by atoms with E-state index in [-0.39, 0.29) is 5.56 Å². The molecule has 0 aliphatic carbocycles. The van der Waals surface area contributed by atoms with E-state index in [1.807, 2.05) is 12.1 Å². The molecule has 0 bridgehead atoms. The van der Waals surface area contributed by atoms with Crippen LogP contribution in [0.3, 0.4) is 0 Å². The van der Waals surface area contributed by atoms with Gasteiger partial charge in [0.2, 0.25) is 0 Å². The van der Waals surface area contributed by atoms with E-state index in [4.69, 9.17) is 0 Å². The van der Waals surface area contributed by atoms with E-state index >= 15 is 0 Å². The molecular formula is C21H24N4O. The van der Waals surface area contributed by atoms with Crippen LogP contribution in [-0.2, 0) is 0 Å². The number of likely N-dealkylation sites (tertiary alicyclic amines) is 1. The number of aromatic amines is 1. The van der Waals surface area contributed by atoms with Crippen LogP contribution in [0.4, 0.5) is 5.69 Å². The van der Waals surface area contributed by atoms with Crippen LogP contribution in [0.5, 0.6) is 0 Å². The molecular weight excluding hydrogens is 324 g/mol. The zero-order valence-electron chi connectivity index (χ0n) is 15.0. The van der Waals surface area contributed by atoms with Gasteiger partial charge in [-0.05, 0) is 37.5 Å². The molecule has 26 heavy (non-hydrogen) atoms. The van der Waals surface area contributed by atoms with Crippen molar-refractivity contribution in [1.29, 1.82) is 0 Å². The fraction of sp³-hybridized carbons (Fsp3) is 0.333. The normalized spacial score (nSPS) is 17.3. The number of piperidine rings is 1. The average Bonchev–Trinajstić information content (AvgIpc) is 2.68. The quantitative estimate of drug-likeness (QED) is 0.757. The molecule has 0 amide bonds. The summed E-state index contributed by atoms with van der Waals surface area (Å²) in [4.78, 5) is 21.5. The Balaban J connectivity index is 1.44. The SMILES string of the molecule is CC(c1ccccc1)N1CCC(Nc2cc(=O)[nH]c3ncccc23)CC1. The first-order valence-corrected chi connectivity index (χ1v) is 9.24. The Morgan fingerprint density at radius 1 is 1.15 bits per heavy atom. The molecule has 0 radical (unpaired) electrons. The molecule has 4 rings (SSSR count). The molecule has 1 saturated heterocycles. The Morgan fingerprint density at radius 2 is 1.92 bits per heavy atom. The molecule has 134 valence electrons. The summed E-state index contributed by atoms with van der Waals surface area (Å²) in [7, 11) is 0. The zero-order valence-corrected chi connectivity index (χ0v) is 15.0. The Labute approximate surface area is 153 Å². The van der Waals surface area contributed by atoms with E-state index in [0.29, 0.717) is 17.7 Å². The maximum Gasteiger partial charge on any atom is 0.251 e. The largest absolute Gasteiger partial charge is 0.381 e. The van der Waals surface area contributed by atoms with Crippen LogP contribution < -0.4 is 10.9 Å². The molecule has 5 nitrogen and oxygen atoms in total. The molecule has 1 aliphatic heterocycles. The Kier molecular flexibility index (Phi) is 4.71. The third kappa shape index (κ3) is 3.48. The minimum atomic E-state index is -0.117. The first kappa shape index (κ1) is 16.8. The fourth-order valence-corrected chi connectivity index (χ4v) is 3.80. The summed E-state index contributed by atoms with van der Waals surface area (Å²) in [6, 6.07) is 17.0. The van der Waals surface area contributed by atoms with Crippen molar-refractivity contribution in [1.82, 2.24) is 14.9 Å². The van der Waals surface area contributed by atoms with Crippen molar-refractivity contribution < 1.29 is 0 Å². The molecule has 1 atom stereocenters. The van der Waals surface area contributed by atoms with E-state index in [0.717, 1.165) is 37.0 Å². The highest BCUT2D eigenvalue weighted by Crippen LogP contribution is 2.26. The Bertz CT molecular complexity index is 929. The van der Waals surface area contributed by atoms with E-state index in [1.54, 1.807) is 12.3 Å². The van der Waals surface area contributed by atoms with Crippen LogP contribution in [0.1, 0.15) is 31.4 Å². The van der Waals surface area contributed by atoms with E-state index in [9.17, 15) is 4.79 Å². The highest BCUT2D eigenvalue weighted by atomic mass is 16.1. The monoisotopic (exact) mass is 348 g/mol. The number of anilines is 1. The van der Waals surface area contributed by atoms with Gasteiger partial charge < -0.3 is 10.3 Å². The zero-order chi connectivity index (χ0) is 17.9. The van der Waals surface area contributed by atoms with Crippen molar-refractivity contribution in [2.45, 2.75) is 31.8 Å². The van der Waals surface area contributed by atoms with Gasteiger partial charge in [0.05, 0.1) is 5.69 Å². The molecule has 1 fully saturated rings. The van der Waals surface area contributed by atoms with Crippen LogP contribution in [-0.4, -0.2) is 34.0 Å². The Morgan fingerprint density at radius 3 is 2.69 bits per heavy atom. The van der Waals surface area contributed by atoms with Gasteiger partial charge >= 0.3 is 0 Å². The minimum Gasteiger partial charge on any atom is -0.381 e. The Hall–Kier alpha value is -2.66. The second-order valence-electron chi connectivity index (χ2n) is 6.99. The minimum absolute atomic E-state index is 0.117. The number of nitrogens with one attached hydrogen (secondary N) is 2. The molecule has 0 spiro atoms. The number of pyridine rings is 2. The van der Waals surface area contributed by atoms with Gasteiger partial charge in [0.1, 0.15) is 5.65 Å². The van der Waals surface area contributed by atoms with Gasteiger partial charge in [-0.15, -0.1) is 0 Å². The second kappa shape index (κ2) is 7.30. The number of H-pyrrole nitrogens is 1. The van der Waals surface area contributed by atoms with Crippen molar-refractivity contribution in [2.24, 2.45) is 0 Å². The molecule has 5 heteroatoms. The molecule has 3 aromatic rings. The first-order chi connectivity index (χ1) is 12.7. The van der Waals surface area contributed by atoms with Gasteiger partial charge in [-0.2, -0.15) is 0 Å². The molecule has 1 unspecified atom stereocenters. The van der Waals surface area contributed by atoms with Gasteiger partial charge in [-0.25, -0.2) is 4.98 Å². The predicted molar refractivity (Wildman–Crippen MR) is 105 cm³/mol. The smallest absolute Gasteiger partial charge is 0.251 e. The van der Waals surface area contributed by atoms with E-state index in [2.05, 4.69) is 57.4 Å². The summed E-state index contributed by atoms with van der Waals surface area (Å²) >= 11 is 0. The van der Waals surface area contributed by atoms with Gasteiger partial charge in [0.15, 0.2) is 0 Å². The highest BCUT2D eigenvalue weighted by molar-refractivity contribution is 5.88. The number of aromatic nitrogens is 2. The van der Waals surface area contributed by atoms with Crippen LogP contribution in [0, 0.1) is 0 Å². The van der Waals surface area contributed by atoms with Crippen LogP contribution >= 0.6 is 0 Å². The topological polar surface area (TPSA) is 61.0 Å². The number of fused-ring (bicyclic) bond motifs is 1. The van der Waals surface area contributed by atoms with Crippen molar-refractivity contribution in [3.05, 3.63) is 70.6 Å². The molecule has 3 heterocycles. The van der Waals surface area contributed by atoms with Gasteiger partial charge in [-0.1, -0.05) is 30.3 Å². The summed E-state index contributed by atoms with van der Waals surface area (Å²) in [5.74, 6) is 0. The summed E-state index contributed by atoms with van der Waals surface area (Å²) in [6.45, 7) is 4.37. The second-order valence-corrected chi connectivity index (χ2v) is 6.99. The number of hydrogen-bond acceptors (Lipinski definition) is 4. The summed E-state index contributed by atoms with van der Waals surface area (Å²) in [5.41, 5.74) is 2.77. The van der Waals surface area contributed by atoms with Crippen molar-refractivity contribution in [3.63, 3.8) is 0 Å². The van der Waals surface area contributed by atoms with Crippen molar-refractivity contribution in [2.75, 3.05) is 18.4 Å². The molecule has 2 N–H and O–H groups in total. The molecule has 0 saturated carbocycles. The maximum absolute atomic E-state index is 11.9. The third-order valence-electron chi connectivity index (χ3n) is 5.33.